The Morgan fingerprint density at radius 1 is 1.48 bits per heavy atom. The summed E-state index contributed by atoms with van der Waals surface area (Å²) in [5, 5.41) is 2.96. The minimum absolute atomic E-state index is 0.0327. The minimum Gasteiger partial charge on any atom is -0.398 e. The van der Waals surface area contributed by atoms with E-state index in [0.29, 0.717) is 19.2 Å². The Morgan fingerprint density at radius 2 is 2.19 bits per heavy atom. The van der Waals surface area contributed by atoms with Crippen LogP contribution in [0.5, 0.6) is 0 Å². The number of hydrogen-bond donors (Lipinski definition) is 2. The van der Waals surface area contributed by atoms with E-state index < -0.39 is 0 Å². The van der Waals surface area contributed by atoms with Gasteiger partial charge in [0.1, 0.15) is 0 Å². The Balaban J connectivity index is 1.91. The van der Waals surface area contributed by atoms with Gasteiger partial charge in [0, 0.05) is 31.4 Å². The van der Waals surface area contributed by atoms with Crippen LogP contribution in [0.25, 0.3) is 0 Å². The van der Waals surface area contributed by atoms with Crippen molar-refractivity contribution in [1.82, 2.24) is 10.2 Å². The van der Waals surface area contributed by atoms with Gasteiger partial charge >= 0.3 is 0 Å². The number of para-hydroxylation sites is 1. The van der Waals surface area contributed by atoms with E-state index in [-0.39, 0.29) is 11.9 Å². The summed E-state index contributed by atoms with van der Waals surface area (Å²) < 4.78 is 5.04. The van der Waals surface area contributed by atoms with Gasteiger partial charge in [0.15, 0.2) is 0 Å². The van der Waals surface area contributed by atoms with Gasteiger partial charge in [-0.1, -0.05) is 18.2 Å². The van der Waals surface area contributed by atoms with Gasteiger partial charge in [-0.05, 0) is 31.4 Å². The molecule has 3 N–H and O–H groups in total. The molecule has 0 heterocycles. The summed E-state index contributed by atoms with van der Waals surface area (Å²) in [4.78, 5) is 14.3. The monoisotopic (exact) mass is 291 g/mol. The predicted octanol–water partition coefficient (Wildman–Crippen LogP) is 1.38. The predicted molar refractivity (Wildman–Crippen MR) is 83.8 cm³/mol. The second kappa shape index (κ2) is 7.43. The summed E-state index contributed by atoms with van der Waals surface area (Å²) in [6, 6.07) is 8.38. The molecule has 0 saturated heterocycles. The van der Waals surface area contributed by atoms with Crippen LogP contribution in [0.4, 0.5) is 5.69 Å². The molecule has 0 spiro atoms. The molecule has 21 heavy (non-hydrogen) atoms. The third-order valence-corrected chi connectivity index (χ3v) is 3.66. The third-order valence-electron chi connectivity index (χ3n) is 3.66. The van der Waals surface area contributed by atoms with E-state index >= 15 is 0 Å². The lowest BCUT2D eigenvalue weighted by Gasteiger charge is -2.23. The molecule has 1 aromatic carbocycles. The number of methoxy groups -OCH3 is 1. The van der Waals surface area contributed by atoms with Crippen molar-refractivity contribution >= 4 is 11.6 Å². The number of rotatable bonds is 8. The van der Waals surface area contributed by atoms with Gasteiger partial charge in [-0.3, -0.25) is 9.69 Å². The van der Waals surface area contributed by atoms with Crippen LogP contribution in [0.2, 0.25) is 0 Å². The van der Waals surface area contributed by atoms with Gasteiger partial charge in [-0.15, -0.1) is 0 Å². The highest BCUT2D eigenvalue weighted by Gasteiger charge is 2.30. The summed E-state index contributed by atoms with van der Waals surface area (Å²) in [6.45, 7) is 3.61. The number of anilines is 1. The second-order valence-corrected chi connectivity index (χ2v) is 5.76. The lowest BCUT2D eigenvalue weighted by molar-refractivity contribution is -0.123. The third kappa shape index (κ3) is 5.02. The average molecular weight is 291 g/mol. The number of carbonyl (C=O) groups is 1. The number of nitrogens with one attached hydrogen (secondary N) is 1. The number of ether oxygens (including phenoxy) is 1. The number of nitrogen functional groups attached to an aromatic ring is 1. The first-order valence-electron chi connectivity index (χ1n) is 7.46. The van der Waals surface area contributed by atoms with Crippen molar-refractivity contribution in [2.24, 2.45) is 0 Å². The summed E-state index contributed by atoms with van der Waals surface area (Å²) in [7, 11) is 1.64. The zero-order valence-corrected chi connectivity index (χ0v) is 12.8. The first kappa shape index (κ1) is 15.8. The van der Waals surface area contributed by atoms with Crippen LogP contribution in [0.15, 0.2) is 24.3 Å². The van der Waals surface area contributed by atoms with Crippen molar-refractivity contribution in [2.75, 3.05) is 26.0 Å². The first-order chi connectivity index (χ1) is 10.1. The van der Waals surface area contributed by atoms with E-state index in [1.807, 2.05) is 31.2 Å². The molecule has 2 rings (SSSR count). The van der Waals surface area contributed by atoms with Crippen LogP contribution in [-0.4, -0.2) is 43.2 Å². The van der Waals surface area contributed by atoms with Gasteiger partial charge in [-0.2, -0.15) is 0 Å². The quantitative estimate of drug-likeness (QED) is 0.710. The van der Waals surface area contributed by atoms with Crippen molar-refractivity contribution in [3.05, 3.63) is 29.8 Å². The fourth-order valence-electron chi connectivity index (χ4n) is 2.45. The highest BCUT2D eigenvalue weighted by Crippen LogP contribution is 2.28. The standard InChI is InChI=1S/C16H25N3O2/c1-12(11-21-2)18-16(20)10-19(14-7-8-14)9-13-5-3-4-6-15(13)17/h3-6,12,14H,7-11,17H2,1-2H3,(H,18,20). The van der Waals surface area contributed by atoms with E-state index in [0.717, 1.165) is 30.6 Å². The highest BCUT2D eigenvalue weighted by molar-refractivity contribution is 5.78. The zero-order valence-electron chi connectivity index (χ0n) is 12.8. The van der Waals surface area contributed by atoms with Crippen LogP contribution < -0.4 is 11.1 Å². The molecular weight excluding hydrogens is 266 g/mol. The van der Waals surface area contributed by atoms with E-state index in [2.05, 4.69) is 10.2 Å². The van der Waals surface area contributed by atoms with Gasteiger partial charge in [0.2, 0.25) is 5.91 Å². The van der Waals surface area contributed by atoms with Crippen molar-refractivity contribution in [1.29, 1.82) is 0 Å². The van der Waals surface area contributed by atoms with Gasteiger partial charge in [0.25, 0.3) is 0 Å². The van der Waals surface area contributed by atoms with Crippen molar-refractivity contribution in [2.45, 2.75) is 38.4 Å². The molecule has 0 radical (unpaired) electrons. The maximum Gasteiger partial charge on any atom is 0.234 e. The molecule has 116 valence electrons. The molecule has 1 fully saturated rings. The number of nitrogens with zero attached hydrogens (tertiary/aromatic N) is 1. The first-order valence-corrected chi connectivity index (χ1v) is 7.46. The van der Waals surface area contributed by atoms with Crippen molar-refractivity contribution in [3.63, 3.8) is 0 Å². The maximum atomic E-state index is 12.1. The van der Waals surface area contributed by atoms with Crippen LogP contribution in [0.3, 0.4) is 0 Å². The van der Waals surface area contributed by atoms with Crippen LogP contribution in [-0.2, 0) is 16.1 Å². The Labute approximate surface area is 126 Å². The van der Waals surface area contributed by atoms with E-state index in [9.17, 15) is 4.79 Å². The number of amides is 1. The lowest BCUT2D eigenvalue weighted by atomic mass is 10.1. The van der Waals surface area contributed by atoms with Crippen molar-refractivity contribution in [3.8, 4) is 0 Å². The van der Waals surface area contributed by atoms with E-state index in [1.165, 1.54) is 0 Å². The Morgan fingerprint density at radius 3 is 2.81 bits per heavy atom. The molecule has 1 aliphatic rings. The zero-order chi connectivity index (χ0) is 15.2. The number of carbonyl (C=O) groups excluding carboxylic acids is 1. The molecule has 1 unspecified atom stereocenters. The Hall–Kier alpha value is -1.59. The Bertz CT molecular complexity index is 474. The molecule has 1 amide bonds. The Kier molecular flexibility index (Phi) is 5.59. The van der Waals surface area contributed by atoms with E-state index in [4.69, 9.17) is 10.5 Å². The van der Waals surface area contributed by atoms with Gasteiger partial charge in [0.05, 0.1) is 13.2 Å². The molecule has 0 bridgehead atoms. The highest BCUT2D eigenvalue weighted by atomic mass is 16.5. The van der Waals surface area contributed by atoms with Crippen molar-refractivity contribution < 1.29 is 9.53 Å². The summed E-state index contributed by atoms with van der Waals surface area (Å²) in [5.41, 5.74) is 7.87. The van der Waals surface area contributed by atoms with Crippen LogP contribution in [0, 0.1) is 0 Å². The van der Waals surface area contributed by atoms with Gasteiger partial charge in [-0.25, -0.2) is 0 Å². The maximum absolute atomic E-state index is 12.1. The summed E-state index contributed by atoms with van der Waals surface area (Å²) in [5.74, 6) is 0.0425. The molecule has 1 saturated carbocycles. The molecule has 0 aromatic heterocycles. The minimum atomic E-state index is 0.0327. The number of nitrogens with two attached hydrogens (primary N) is 1. The summed E-state index contributed by atoms with van der Waals surface area (Å²) >= 11 is 0. The molecule has 5 nitrogen and oxygen atoms in total. The SMILES string of the molecule is COCC(C)NC(=O)CN(Cc1ccccc1N)C1CC1. The summed E-state index contributed by atoms with van der Waals surface area (Å²) in [6.07, 6.45) is 2.32. The molecule has 1 aromatic rings. The van der Waals surface area contributed by atoms with Crippen LogP contribution >= 0.6 is 0 Å². The molecule has 5 heteroatoms. The second-order valence-electron chi connectivity index (χ2n) is 5.76. The number of benzene rings is 1. The topological polar surface area (TPSA) is 67.6 Å². The fourth-order valence-corrected chi connectivity index (χ4v) is 2.45. The average Bonchev–Trinajstić information content (AvgIpc) is 3.25. The largest absolute Gasteiger partial charge is 0.398 e. The fraction of sp³-hybridized carbons (Fsp3) is 0.562. The lowest BCUT2D eigenvalue weighted by Crippen LogP contribution is -2.43. The molecule has 1 aliphatic carbocycles. The normalized spacial score (nSPS) is 16.0. The smallest absolute Gasteiger partial charge is 0.234 e. The number of hydrogen-bond acceptors (Lipinski definition) is 4. The molecule has 0 aliphatic heterocycles. The molecular formula is C16H25N3O2. The van der Waals surface area contributed by atoms with E-state index in [1.54, 1.807) is 7.11 Å². The molecule has 1 atom stereocenters. The van der Waals surface area contributed by atoms with Gasteiger partial charge < -0.3 is 15.8 Å². The van der Waals surface area contributed by atoms with Crippen LogP contribution in [0.1, 0.15) is 25.3 Å².